The van der Waals surface area contributed by atoms with Crippen LogP contribution in [0.4, 0.5) is 0 Å². The number of thioether (sulfide) groups is 1. The monoisotopic (exact) mass is 351 g/mol. The standard InChI is InChI=1S/C15H17N3O5S/c19-11(17-15(14(20)21)5-8-24-9-6-15)3-4-12-16-13(18-23-12)10-2-1-7-22-10/h1-2,7H,3-6,8-9H2,(H,17,19)(H,20,21). The van der Waals surface area contributed by atoms with Crippen LogP contribution in [0, 0.1) is 0 Å². The summed E-state index contributed by atoms with van der Waals surface area (Å²) in [5.41, 5.74) is -1.16. The van der Waals surface area contributed by atoms with Gasteiger partial charge in [0.1, 0.15) is 5.54 Å². The van der Waals surface area contributed by atoms with Crippen molar-refractivity contribution in [3.63, 3.8) is 0 Å². The molecule has 1 saturated heterocycles. The van der Waals surface area contributed by atoms with Gasteiger partial charge in [-0.15, -0.1) is 0 Å². The average molecular weight is 351 g/mol. The van der Waals surface area contributed by atoms with Crippen LogP contribution in [-0.4, -0.2) is 44.2 Å². The number of rotatable bonds is 6. The molecular formula is C15H17N3O5S. The molecule has 0 unspecified atom stereocenters. The Morgan fingerprint density at radius 3 is 2.83 bits per heavy atom. The van der Waals surface area contributed by atoms with E-state index in [2.05, 4.69) is 15.5 Å². The van der Waals surface area contributed by atoms with Gasteiger partial charge in [-0.05, 0) is 36.5 Å². The maximum Gasteiger partial charge on any atom is 0.329 e. The topological polar surface area (TPSA) is 118 Å². The number of hydrogen-bond donors (Lipinski definition) is 2. The molecule has 3 rings (SSSR count). The van der Waals surface area contributed by atoms with E-state index in [1.165, 1.54) is 6.26 Å². The van der Waals surface area contributed by atoms with Gasteiger partial charge in [-0.25, -0.2) is 4.79 Å². The summed E-state index contributed by atoms with van der Waals surface area (Å²) in [5.74, 6) is 1.25. The van der Waals surface area contributed by atoms with Crippen LogP contribution < -0.4 is 5.32 Å². The molecule has 8 nitrogen and oxygen atoms in total. The predicted octanol–water partition coefficient (Wildman–Crippen LogP) is 1.73. The summed E-state index contributed by atoms with van der Waals surface area (Å²) in [6.45, 7) is 0. The molecule has 0 radical (unpaired) electrons. The fourth-order valence-corrected chi connectivity index (χ4v) is 3.71. The molecule has 9 heteroatoms. The number of nitrogens with zero attached hydrogens (tertiary/aromatic N) is 2. The Morgan fingerprint density at radius 2 is 2.17 bits per heavy atom. The lowest BCUT2D eigenvalue weighted by Crippen LogP contribution is -2.56. The number of carbonyl (C=O) groups excluding carboxylic acids is 1. The molecule has 0 atom stereocenters. The van der Waals surface area contributed by atoms with E-state index in [9.17, 15) is 14.7 Å². The SMILES string of the molecule is O=C(CCc1nc(-c2ccco2)no1)NC1(C(=O)O)CCSCC1. The molecule has 1 fully saturated rings. The highest BCUT2D eigenvalue weighted by Crippen LogP contribution is 2.27. The maximum atomic E-state index is 12.1. The van der Waals surface area contributed by atoms with Crippen molar-refractivity contribution in [3.8, 4) is 11.6 Å². The van der Waals surface area contributed by atoms with E-state index in [4.69, 9.17) is 8.94 Å². The Morgan fingerprint density at radius 1 is 1.38 bits per heavy atom. The van der Waals surface area contributed by atoms with Gasteiger partial charge in [-0.2, -0.15) is 16.7 Å². The third-order valence-electron chi connectivity index (χ3n) is 3.91. The number of nitrogens with one attached hydrogen (secondary N) is 1. The van der Waals surface area contributed by atoms with Gasteiger partial charge >= 0.3 is 5.97 Å². The smallest absolute Gasteiger partial charge is 0.329 e. The summed E-state index contributed by atoms with van der Waals surface area (Å²) < 4.78 is 10.2. The van der Waals surface area contributed by atoms with E-state index in [0.29, 0.717) is 30.3 Å². The van der Waals surface area contributed by atoms with Gasteiger partial charge in [0.2, 0.25) is 17.6 Å². The molecular weight excluding hydrogens is 334 g/mol. The van der Waals surface area contributed by atoms with Crippen LogP contribution in [0.2, 0.25) is 0 Å². The van der Waals surface area contributed by atoms with Crippen LogP contribution in [0.25, 0.3) is 11.6 Å². The molecule has 2 aromatic heterocycles. The van der Waals surface area contributed by atoms with Crippen LogP contribution in [0.1, 0.15) is 25.2 Å². The number of amides is 1. The summed E-state index contributed by atoms with van der Waals surface area (Å²) in [6, 6.07) is 3.42. The van der Waals surface area contributed by atoms with Gasteiger partial charge in [0, 0.05) is 12.8 Å². The van der Waals surface area contributed by atoms with Crippen LogP contribution in [0.3, 0.4) is 0 Å². The Labute approximate surface area is 142 Å². The van der Waals surface area contributed by atoms with Crippen molar-refractivity contribution in [3.05, 3.63) is 24.3 Å². The molecule has 0 saturated carbocycles. The average Bonchev–Trinajstić information content (AvgIpc) is 3.25. The minimum atomic E-state index is -1.16. The Kier molecular flexibility index (Phi) is 4.89. The molecule has 0 aromatic carbocycles. The van der Waals surface area contributed by atoms with Gasteiger partial charge in [-0.1, -0.05) is 5.16 Å². The molecule has 0 aliphatic carbocycles. The highest BCUT2D eigenvalue weighted by molar-refractivity contribution is 7.99. The van der Waals surface area contributed by atoms with Gasteiger partial charge in [0.25, 0.3) is 0 Å². The molecule has 3 heterocycles. The number of carboxylic acids is 1. The molecule has 0 bridgehead atoms. The van der Waals surface area contributed by atoms with Crippen molar-refractivity contribution >= 4 is 23.6 Å². The number of hydrogen-bond acceptors (Lipinski definition) is 7. The second-order valence-electron chi connectivity index (χ2n) is 5.54. The minimum Gasteiger partial charge on any atom is -0.480 e. The van der Waals surface area contributed by atoms with Gasteiger partial charge in [-0.3, -0.25) is 4.79 Å². The zero-order valence-corrected chi connectivity index (χ0v) is 13.7. The van der Waals surface area contributed by atoms with E-state index >= 15 is 0 Å². The fraction of sp³-hybridized carbons (Fsp3) is 0.467. The molecule has 0 spiro atoms. The lowest BCUT2D eigenvalue weighted by atomic mass is 9.92. The van der Waals surface area contributed by atoms with Gasteiger partial charge < -0.3 is 19.4 Å². The summed E-state index contributed by atoms with van der Waals surface area (Å²) in [4.78, 5) is 27.8. The Balaban J connectivity index is 1.56. The van der Waals surface area contributed by atoms with Crippen LogP contribution >= 0.6 is 11.8 Å². The highest BCUT2D eigenvalue weighted by atomic mass is 32.2. The number of furan rings is 1. The summed E-state index contributed by atoms with van der Waals surface area (Å²) in [7, 11) is 0. The van der Waals surface area contributed by atoms with E-state index in [0.717, 1.165) is 11.5 Å². The molecule has 2 aromatic rings. The van der Waals surface area contributed by atoms with Gasteiger partial charge in [0.05, 0.1) is 6.26 Å². The lowest BCUT2D eigenvalue weighted by Gasteiger charge is -2.33. The van der Waals surface area contributed by atoms with E-state index in [1.807, 2.05) is 0 Å². The number of aromatic nitrogens is 2. The first-order chi connectivity index (χ1) is 11.6. The minimum absolute atomic E-state index is 0.0853. The van der Waals surface area contributed by atoms with Crippen molar-refractivity contribution in [2.24, 2.45) is 0 Å². The van der Waals surface area contributed by atoms with Crippen LogP contribution in [0.15, 0.2) is 27.3 Å². The molecule has 1 aliphatic heterocycles. The molecule has 2 N–H and O–H groups in total. The normalized spacial score (nSPS) is 16.7. The van der Waals surface area contributed by atoms with Crippen molar-refractivity contribution in [1.29, 1.82) is 0 Å². The second kappa shape index (κ2) is 7.08. The Bertz CT molecular complexity index is 707. The third-order valence-corrected chi connectivity index (χ3v) is 4.90. The van der Waals surface area contributed by atoms with E-state index in [-0.39, 0.29) is 18.7 Å². The number of carbonyl (C=O) groups is 2. The predicted molar refractivity (Wildman–Crippen MR) is 85.4 cm³/mol. The lowest BCUT2D eigenvalue weighted by molar-refractivity contribution is -0.148. The highest BCUT2D eigenvalue weighted by Gasteiger charge is 2.41. The fourth-order valence-electron chi connectivity index (χ4n) is 2.52. The molecule has 128 valence electrons. The summed E-state index contributed by atoms with van der Waals surface area (Å²) >= 11 is 1.70. The van der Waals surface area contributed by atoms with Crippen molar-refractivity contribution in [2.45, 2.75) is 31.2 Å². The maximum absolute atomic E-state index is 12.1. The quantitative estimate of drug-likeness (QED) is 0.807. The number of aryl methyl sites for hydroxylation is 1. The van der Waals surface area contributed by atoms with Crippen molar-refractivity contribution < 1.29 is 23.6 Å². The van der Waals surface area contributed by atoms with Crippen molar-refractivity contribution in [1.82, 2.24) is 15.5 Å². The van der Waals surface area contributed by atoms with E-state index in [1.54, 1.807) is 23.9 Å². The first kappa shape index (κ1) is 16.6. The second-order valence-corrected chi connectivity index (χ2v) is 6.76. The number of aliphatic carboxylic acids is 1. The summed E-state index contributed by atoms with van der Waals surface area (Å²) in [6.07, 6.45) is 2.70. The van der Waals surface area contributed by atoms with Crippen LogP contribution in [-0.2, 0) is 16.0 Å². The van der Waals surface area contributed by atoms with Gasteiger partial charge in [0.15, 0.2) is 5.76 Å². The Hall–Kier alpha value is -2.29. The molecule has 24 heavy (non-hydrogen) atoms. The molecule has 1 aliphatic rings. The molecule has 1 amide bonds. The van der Waals surface area contributed by atoms with Crippen molar-refractivity contribution in [2.75, 3.05) is 11.5 Å². The zero-order valence-electron chi connectivity index (χ0n) is 12.9. The third kappa shape index (κ3) is 3.61. The first-order valence-electron chi connectivity index (χ1n) is 7.58. The number of carboxylic acid groups (broad SMARTS) is 1. The largest absolute Gasteiger partial charge is 0.480 e. The van der Waals surface area contributed by atoms with Crippen LogP contribution in [0.5, 0.6) is 0 Å². The first-order valence-corrected chi connectivity index (χ1v) is 8.73. The van der Waals surface area contributed by atoms with E-state index < -0.39 is 11.5 Å². The summed E-state index contributed by atoms with van der Waals surface area (Å²) in [5, 5.41) is 15.9. The zero-order chi connectivity index (χ0) is 17.0.